The molecule has 0 bridgehead atoms. The molecule has 15 heavy (non-hydrogen) atoms. The zero-order valence-corrected chi connectivity index (χ0v) is 11.5. The van der Waals surface area contributed by atoms with Crippen molar-refractivity contribution in [1.29, 1.82) is 0 Å². The van der Waals surface area contributed by atoms with Gasteiger partial charge in [0.25, 0.3) is 0 Å². The van der Waals surface area contributed by atoms with Crippen molar-refractivity contribution >= 4 is 38.9 Å². The van der Waals surface area contributed by atoms with Crippen LogP contribution in [0.15, 0.2) is 22.1 Å². The van der Waals surface area contributed by atoms with Crippen LogP contribution in [0.3, 0.4) is 0 Å². The number of hydrogen-bond acceptors (Lipinski definition) is 2. The van der Waals surface area contributed by atoms with Gasteiger partial charge in [0.1, 0.15) is 0 Å². The highest BCUT2D eigenvalue weighted by molar-refractivity contribution is 9.11. The van der Waals surface area contributed by atoms with Crippen molar-refractivity contribution in [1.82, 2.24) is 9.55 Å². The van der Waals surface area contributed by atoms with Crippen molar-refractivity contribution in [3.05, 3.63) is 27.4 Å². The summed E-state index contributed by atoms with van der Waals surface area (Å²) in [6, 6.07) is 4.42. The Morgan fingerprint density at radius 1 is 1.47 bits per heavy atom. The van der Waals surface area contributed by atoms with E-state index in [1.807, 2.05) is 16.8 Å². The van der Waals surface area contributed by atoms with Gasteiger partial charge in [0.2, 0.25) is 5.28 Å². The molecule has 0 radical (unpaired) electrons. The second-order valence-electron chi connectivity index (χ2n) is 3.48. The summed E-state index contributed by atoms with van der Waals surface area (Å²) in [6.07, 6.45) is 1.82. The lowest BCUT2D eigenvalue weighted by molar-refractivity contribution is 0.607. The van der Waals surface area contributed by atoms with Crippen molar-refractivity contribution in [2.45, 2.75) is 19.9 Å². The Morgan fingerprint density at radius 2 is 2.20 bits per heavy atom. The summed E-state index contributed by atoms with van der Waals surface area (Å²) in [5.74, 6) is 0. The molecule has 2 rings (SSSR count). The third kappa shape index (κ3) is 2.12. The minimum absolute atomic E-state index is 0.316. The van der Waals surface area contributed by atoms with Crippen molar-refractivity contribution < 1.29 is 0 Å². The van der Waals surface area contributed by atoms with E-state index in [0.29, 0.717) is 11.3 Å². The molecule has 0 aromatic carbocycles. The summed E-state index contributed by atoms with van der Waals surface area (Å²) in [7, 11) is 0. The largest absolute Gasteiger partial charge is 0.311 e. The molecule has 0 unspecified atom stereocenters. The van der Waals surface area contributed by atoms with Crippen LogP contribution in [0.1, 0.15) is 19.9 Å². The topological polar surface area (TPSA) is 17.8 Å². The first-order valence-corrected chi connectivity index (χ1v) is 6.56. The normalized spacial score (nSPS) is 11.3. The van der Waals surface area contributed by atoms with Crippen LogP contribution in [0.2, 0.25) is 5.28 Å². The predicted octanol–water partition coefficient (Wildman–Crippen LogP) is 4.61. The minimum Gasteiger partial charge on any atom is -0.311 e. The monoisotopic (exact) mass is 304 g/mol. The van der Waals surface area contributed by atoms with E-state index in [-0.39, 0.29) is 0 Å². The summed E-state index contributed by atoms with van der Waals surface area (Å²) in [4.78, 5) is 5.32. The van der Waals surface area contributed by atoms with E-state index in [9.17, 15) is 0 Å². The quantitative estimate of drug-likeness (QED) is 0.792. The standard InChI is InChI=1S/C10H10BrClN2S/c1-6(2)14-7(5-13-10(14)12)8-3-4-9(11)15-8/h3-6H,1-2H3. The van der Waals surface area contributed by atoms with Crippen LogP contribution in [0, 0.1) is 0 Å². The summed E-state index contributed by atoms with van der Waals surface area (Å²) in [6.45, 7) is 4.19. The van der Waals surface area contributed by atoms with Crippen LogP contribution in [0.4, 0.5) is 0 Å². The zero-order chi connectivity index (χ0) is 11.0. The van der Waals surface area contributed by atoms with Crippen LogP contribution in [-0.4, -0.2) is 9.55 Å². The van der Waals surface area contributed by atoms with Crippen LogP contribution in [-0.2, 0) is 0 Å². The first-order valence-electron chi connectivity index (χ1n) is 4.58. The fourth-order valence-electron chi connectivity index (χ4n) is 1.46. The van der Waals surface area contributed by atoms with Gasteiger partial charge >= 0.3 is 0 Å². The molecule has 0 N–H and O–H groups in total. The molecule has 2 aromatic heterocycles. The maximum atomic E-state index is 6.04. The molecule has 80 valence electrons. The Bertz CT molecular complexity index is 475. The summed E-state index contributed by atoms with van der Waals surface area (Å²) in [5.41, 5.74) is 1.07. The average molecular weight is 306 g/mol. The van der Waals surface area contributed by atoms with Gasteiger partial charge in [0, 0.05) is 6.04 Å². The van der Waals surface area contributed by atoms with E-state index < -0.39 is 0 Å². The molecular weight excluding hydrogens is 296 g/mol. The van der Waals surface area contributed by atoms with Crippen LogP contribution in [0.5, 0.6) is 0 Å². The Labute approximate surface area is 106 Å². The van der Waals surface area contributed by atoms with Gasteiger partial charge in [0.05, 0.1) is 20.6 Å². The molecule has 0 aliphatic rings. The van der Waals surface area contributed by atoms with Gasteiger partial charge in [0.15, 0.2) is 0 Å². The van der Waals surface area contributed by atoms with Gasteiger partial charge in [-0.2, -0.15) is 0 Å². The molecule has 0 saturated carbocycles. The fraction of sp³-hybridized carbons (Fsp3) is 0.300. The highest BCUT2D eigenvalue weighted by Gasteiger charge is 2.13. The first-order chi connectivity index (χ1) is 7.09. The molecule has 0 atom stereocenters. The second-order valence-corrected chi connectivity index (χ2v) is 6.28. The number of aromatic nitrogens is 2. The van der Waals surface area contributed by atoms with Gasteiger partial charge in [-0.3, -0.25) is 0 Å². The molecule has 0 aliphatic heterocycles. The van der Waals surface area contributed by atoms with Crippen molar-refractivity contribution in [3.8, 4) is 10.6 Å². The van der Waals surface area contributed by atoms with Crippen molar-refractivity contribution in [2.24, 2.45) is 0 Å². The Kier molecular flexibility index (Phi) is 3.19. The maximum absolute atomic E-state index is 6.04. The van der Waals surface area contributed by atoms with Crippen LogP contribution in [0.25, 0.3) is 10.6 Å². The highest BCUT2D eigenvalue weighted by atomic mass is 79.9. The molecule has 0 amide bonds. The molecule has 5 heteroatoms. The number of thiophene rings is 1. The maximum Gasteiger partial charge on any atom is 0.203 e. The molecule has 0 saturated heterocycles. The van der Waals surface area contributed by atoms with Crippen LogP contribution >= 0.6 is 38.9 Å². The summed E-state index contributed by atoms with van der Waals surface area (Å²) in [5, 5.41) is 0.546. The molecule has 0 fully saturated rings. The van der Waals surface area contributed by atoms with Crippen molar-refractivity contribution in [3.63, 3.8) is 0 Å². The number of rotatable bonds is 2. The Morgan fingerprint density at radius 3 is 2.73 bits per heavy atom. The summed E-state index contributed by atoms with van der Waals surface area (Å²) >= 11 is 11.2. The lowest BCUT2D eigenvalue weighted by Crippen LogP contribution is -2.01. The lowest BCUT2D eigenvalue weighted by Gasteiger charge is -2.11. The number of halogens is 2. The SMILES string of the molecule is CC(C)n1c(-c2ccc(Br)s2)cnc1Cl. The highest BCUT2D eigenvalue weighted by Crippen LogP contribution is 2.34. The van der Waals surface area contributed by atoms with Gasteiger partial charge < -0.3 is 4.57 Å². The van der Waals surface area contributed by atoms with Crippen LogP contribution < -0.4 is 0 Å². The molecule has 2 aromatic rings. The first kappa shape index (κ1) is 11.2. The van der Waals surface area contributed by atoms with Gasteiger partial charge in [-0.15, -0.1) is 11.3 Å². The van der Waals surface area contributed by atoms with E-state index in [2.05, 4.69) is 40.8 Å². The third-order valence-electron chi connectivity index (χ3n) is 2.09. The van der Waals surface area contributed by atoms with Gasteiger partial charge in [-0.05, 0) is 53.5 Å². The second kappa shape index (κ2) is 4.28. The zero-order valence-electron chi connectivity index (χ0n) is 8.37. The minimum atomic E-state index is 0.316. The molecule has 2 heterocycles. The van der Waals surface area contributed by atoms with E-state index >= 15 is 0 Å². The van der Waals surface area contributed by atoms with E-state index in [1.54, 1.807) is 11.3 Å². The smallest absolute Gasteiger partial charge is 0.203 e. The van der Waals surface area contributed by atoms with Crippen molar-refractivity contribution in [2.75, 3.05) is 0 Å². The number of hydrogen-bond donors (Lipinski definition) is 0. The number of nitrogens with zero attached hydrogens (tertiary/aromatic N) is 2. The van der Waals surface area contributed by atoms with Gasteiger partial charge in [-0.1, -0.05) is 0 Å². The van der Waals surface area contributed by atoms with E-state index in [4.69, 9.17) is 11.6 Å². The Balaban J connectivity index is 2.53. The average Bonchev–Trinajstić information content (AvgIpc) is 2.71. The molecule has 0 aliphatic carbocycles. The Hall–Kier alpha value is -0.320. The van der Waals surface area contributed by atoms with Gasteiger partial charge in [-0.25, -0.2) is 4.98 Å². The fourth-order valence-corrected chi connectivity index (χ4v) is 3.19. The molecule has 0 spiro atoms. The summed E-state index contributed by atoms with van der Waals surface area (Å²) < 4.78 is 3.14. The van der Waals surface area contributed by atoms with E-state index in [1.165, 1.54) is 4.88 Å². The number of imidazole rings is 1. The predicted molar refractivity (Wildman–Crippen MR) is 68.6 cm³/mol. The molecule has 2 nitrogen and oxygen atoms in total. The molecular formula is C10H10BrClN2S. The third-order valence-corrected chi connectivity index (χ3v) is 4.02. The lowest BCUT2D eigenvalue weighted by atomic mass is 10.3. The van der Waals surface area contributed by atoms with E-state index in [0.717, 1.165) is 9.48 Å².